The standard InChI is InChI=1S/C6H9N.C3H8/c1-3-5-6-7-4-2;1-3-2/h3-6H,1H2,2H3;3H2,1-2H3/b6-5-,7-4?;. The van der Waals surface area contributed by atoms with Crippen molar-refractivity contribution in [3.8, 4) is 0 Å². The highest BCUT2D eigenvalue weighted by atomic mass is 14.6. The second kappa shape index (κ2) is 15.7. The van der Waals surface area contributed by atoms with Crippen LogP contribution in [0.3, 0.4) is 0 Å². The van der Waals surface area contributed by atoms with E-state index < -0.39 is 0 Å². The van der Waals surface area contributed by atoms with Crippen LogP contribution in [0.15, 0.2) is 29.9 Å². The summed E-state index contributed by atoms with van der Waals surface area (Å²) in [6.45, 7) is 9.59. The highest BCUT2D eigenvalue weighted by Crippen LogP contribution is 1.71. The predicted molar refractivity (Wildman–Crippen MR) is 49.5 cm³/mol. The number of aliphatic imine (C=N–C) groups is 1. The highest BCUT2D eigenvalue weighted by molar-refractivity contribution is 5.54. The highest BCUT2D eigenvalue weighted by Gasteiger charge is 1.51. The van der Waals surface area contributed by atoms with Gasteiger partial charge in [0.15, 0.2) is 0 Å². The van der Waals surface area contributed by atoms with Crippen molar-refractivity contribution in [1.82, 2.24) is 0 Å². The third-order valence-corrected chi connectivity index (χ3v) is 0.457. The molecule has 0 heterocycles. The van der Waals surface area contributed by atoms with Crippen molar-refractivity contribution in [2.24, 2.45) is 4.99 Å². The monoisotopic (exact) mass is 139 g/mol. The van der Waals surface area contributed by atoms with Crippen molar-refractivity contribution in [3.05, 3.63) is 24.9 Å². The van der Waals surface area contributed by atoms with Gasteiger partial charge in [0.05, 0.1) is 0 Å². The van der Waals surface area contributed by atoms with Crippen LogP contribution in [0.2, 0.25) is 0 Å². The molecule has 0 aromatic rings. The van der Waals surface area contributed by atoms with Gasteiger partial charge in [-0.1, -0.05) is 32.9 Å². The lowest BCUT2D eigenvalue weighted by Gasteiger charge is -1.66. The number of nitrogens with zero attached hydrogens (tertiary/aromatic N) is 1. The van der Waals surface area contributed by atoms with Gasteiger partial charge in [0.1, 0.15) is 0 Å². The third kappa shape index (κ3) is 27.3. The van der Waals surface area contributed by atoms with E-state index in [4.69, 9.17) is 0 Å². The Kier molecular flexibility index (Phi) is 18.7. The van der Waals surface area contributed by atoms with Crippen molar-refractivity contribution in [2.75, 3.05) is 0 Å². The number of allylic oxidation sites excluding steroid dienone is 2. The summed E-state index contributed by atoms with van der Waals surface area (Å²) >= 11 is 0. The summed E-state index contributed by atoms with van der Waals surface area (Å²) in [6, 6.07) is 0. The molecule has 0 saturated carbocycles. The average molecular weight is 139 g/mol. The predicted octanol–water partition coefficient (Wildman–Crippen LogP) is 3.19. The first-order valence-electron chi connectivity index (χ1n) is 3.58. The van der Waals surface area contributed by atoms with Crippen LogP contribution in [0.4, 0.5) is 0 Å². The molecule has 0 unspecified atom stereocenters. The van der Waals surface area contributed by atoms with Gasteiger partial charge in [0.25, 0.3) is 0 Å². The molecule has 0 aromatic heterocycles. The lowest BCUT2D eigenvalue weighted by atomic mass is 10.6. The molecule has 0 atom stereocenters. The van der Waals surface area contributed by atoms with E-state index in [-0.39, 0.29) is 0 Å². The lowest BCUT2D eigenvalue weighted by molar-refractivity contribution is 1.09. The van der Waals surface area contributed by atoms with Crippen LogP contribution < -0.4 is 0 Å². The average Bonchev–Trinajstić information content (AvgIpc) is 1.91. The summed E-state index contributed by atoms with van der Waals surface area (Å²) in [5.41, 5.74) is 0. The fraction of sp³-hybridized carbons (Fsp3) is 0.444. The Bertz CT molecular complexity index is 101. The number of rotatable bonds is 2. The zero-order valence-corrected chi connectivity index (χ0v) is 7.17. The zero-order valence-electron chi connectivity index (χ0n) is 7.17. The van der Waals surface area contributed by atoms with Crippen molar-refractivity contribution >= 4 is 6.21 Å². The molecule has 0 aliphatic heterocycles. The number of hydrogen-bond acceptors (Lipinski definition) is 1. The Morgan fingerprint density at radius 3 is 2.20 bits per heavy atom. The summed E-state index contributed by atoms with van der Waals surface area (Å²) in [5.74, 6) is 0. The maximum absolute atomic E-state index is 3.78. The number of hydrogen-bond donors (Lipinski definition) is 0. The molecule has 58 valence electrons. The van der Waals surface area contributed by atoms with Gasteiger partial charge in [-0.15, -0.1) is 0 Å². The Morgan fingerprint density at radius 1 is 1.40 bits per heavy atom. The maximum Gasteiger partial charge on any atom is 0.0263 e. The van der Waals surface area contributed by atoms with E-state index in [9.17, 15) is 0 Å². The summed E-state index contributed by atoms with van der Waals surface area (Å²) in [4.78, 5) is 3.78. The molecule has 1 nitrogen and oxygen atoms in total. The van der Waals surface area contributed by atoms with Gasteiger partial charge in [0.2, 0.25) is 0 Å². The van der Waals surface area contributed by atoms with Crippen molar-refractivity contribution in [1.29, 1.82) is 0 Å². The first kappa shape index (κ1) is 11.9. The first-order valence-corrected chi connectivity index (χ1v) is 3.58. The quantitative estimate of drug-likeness (QED) is 0.411. The summed E-state index contributed by atoms with van der Waals surface area (Å²) < 4.78 is 0. The normalized spacial score (nSPS) is 9.50. The second-order valence-corrected chi connectivity index (χ2v) is 1.69. The minimum atomic E-state index is 1.25. The topological polar surface area (TPSA) is 12.4 Å². The fourth-order valence-corrected chi connectivity index (χ4v) is 0.197. The third-order valence-electron chi connectivity index (χ3n) is 0.457. The Labute approximate surface area is 64.2 Å². The first-order chi connectivity index (χ1) is 4.83. The van der Waals surface area contributed by atoms with Gasteiger partial charge in [-0.3, -0.25) is 4.99 Å². The maximum atomic E-state index is 3.78. The van der Waals surface area contributed by atoms with Crippen molar-refractivity contribution in [3.63, 3.8) is 0 Å². The van der Waals surface area contributed by atoms with Gasteiger partial charge in [-0.05, 0) is 13.0 Å². The van der Waals surface area contributed by atoms with Crippen LogP contribution >= 0.6 is 0 Å². The molecule has 1 heteroatoms. The van der Waals surface area contributed by atoms with E-state index in [2.05, 4.69) is 25.4 Å². The summed E-state index contributed by atoms with van der Waals surface area (Å²) in [5, 5.41) is 0. The molecule has 10 heavy (non-hydrogen) atoms. The SMILES string of the molecule is C=C/C=C\N=CC.CCC. The molecule has 0 spiro atoms. The largest absolute Gasteiger partial charge is 0.269 e. The molecule has 0 fully saturated rings. The van der Waals surface area contributed by atoms with E-state index >= 15 is 0 Å². The van der Waals surface area contributed by atoms with E-state index in [1.807, 2.05) is 6.92 Å². The molecule has 0 saturated heterocycles. The van der Waals surface area contributed by atoms with Gasteiger partial charge < -0.3 is 0 Å². The molecule has 0 aliphatic carbocycles. The Morgan fingerprint density at radius 2 is 1.90 bits per heavy atom. The minimum absolute atomic E-state index is 1.25. The molecule has 0 aromatic carbocycles. The van der Waals surface area contributed by atoms with Crippen LogP contribution in [0, 0.1) is 0 Å². The molecular weight excluding hydrogens is 122 g/mol. The van der Waals surface area contributed by atoms with E-state index in [0.29, 0.717) is 0 Å². The van der Waals surface area contributed by atoms with Gasteiger partial charge in [-0.2, -0.15) is 0 Å². The van der Waals surface area contributed by atoms with E-state index in [1.165, 1.54) is 6.42 Å². The van der Waals surface area contributed by atoms with Gasteiger partial charge >= 0.3 is 0 Å². The molecule has 0 amide bonds. The fourth-order valence-electron chi connectivity index (χ4n) is 0.197. The summed E-state index contributed by atoms with van der Waals surface area (Å²) in [7, 11) is 0. The van der Waals surface area contributed by atoms with Gasteiger partial charge in [-0.25, -0.2) is 0 Å². The molecule has 0 rings (SSSR count). The summed E-state index contributed by atoms with van der Waals surface area (Å²) in [6.07, 6.45) is 8.12. The van der Waals surface area contributed by atoms with Gasteiger partial charge in [0, 0.05) is 12.4 Å². The van der Waals surface area contributed by atoms with Crippen LogP contribution in [-0.4, -0.2) is 6.21 Å². The van der Waals surface area contributed by atoms with Crippen LogP contribution in [0.25, 0.3) is 0 Å². The zero-order chi connectivity index (χ0) is 8.24. The van der Waals surface area contributed by atoms with E-state index in [0.717, 1.165) is 0 Å². The van der Waals surface area contributed by atoms with Crippen LogP contribution in [0.5, 0.6) is 0 Å². The minimum Gasteiger partial charge on any atom is -0.269 e. The lowest BCUT2D eigenvalue weighted by Crippen LogP contribution is -1.51. The molecule has 0 aliphatic rings. The van der Waals surface area contributed by atoms with E-state index in [1.54, 1.807) is 24.6 Å². The molecule has 0 N–H and O–H groups in total. The molecule has 0 bridgehead atoms. The van der Waals surface area contributed by atoms with Crippen LogP contribution in [0.1, 0.15) is 27.2 Å². The second-order valence-electron chi connectivity index (χ2n) is 1.69. The molecular formula is C9H17N. The Hall–Kier alpha value is -0.850. The van der Waals surface area contributed by atoms with Crippen LogP contribution in [-0.2, 0) is 0 Å². The smallest absolute Gasteiger partial charge is 0.0263 e. The van der Waals surface area contributed by atoms with Crippen molar-refractivity contribution in [2.45, 2.75) is 27.2 Å². The Balaban J connectivity index is 0. The molecule has 0 radical (unpaired) electrons. The van der Waals surface area contributed by atoms with Crippen molar-refractivity contribution < 1.29 is 0 Å².